The predicted molar refractivity (Wildman–Crippen MR) is 92.9 cm³/mol. The van der Waals surface area contributed by atoms with Gasteiger partial charge in [-0.05, 0) is 42.6 Å². The number of aryl methyl sites for hydroxylation is 1. The van der Waals surface area contributed by atoms with E-state index in [2.05, 4.69) is 73.5 Å². The topological polar surface area (TPSA) is 12.4 Å². The van der Waals surface area contributed by atoms with E-state index in [1.165, 1.54) is 24.4 Å². The molecule has 0 saturated heterocycles. The van der Waals surface area contributed by atoms with Crippen LogP contribution in [0.15, 0.2) is 46.1 Å². The van der Waals surface area contributed by atoms with Crippen molar-refractivity contribution in [3.63, 3.8) is 0 Å². The van der Waals surface area contributed by atoms with Gasteiger partial charge in [-0.3, -0.25) is 0 Å². The molecule has 0 aromatic carbocycles. The Morgan fingerprint density at radius 2 is 1.53 bits per heavy atom. The summed E-state index contributed by atoms with van der Waals surface area (Å²) in [6, 6.07) is 13.1. The number of hydrogen-bond acceptors (Lipinski definition) is 5. The zero-order chi connectivity index (χ0) is 13.7. The molecule has 6 heteroatoms. The molecule has 1 nitrogen and oxygen atoms in total. The van der Waals surface area contributed by atoms with Gasteiger partial charge in [0.2, 0.25) is 0 Å². The first-order chi connectivity index (χ1) is 9.24. The van der Waals surface area contributed by atoms with E-state index in [-0.39, 0.29) is 0 Å². The first-order valence-corrected chi connectivity index (χ1v) is 8.40. The molecule has 3 aromatic rings. The monoisotopic (exact) mass is 320 g/mol. The molecule has 0 bridgehead atoms. The Morgan fingerprint density at radius 3 is 2.05 bits per heavy atom. The minimum absolute atomic E-state index is 1.37. The van der Waals surface area contributed by atoms with Gasteiger partial charge in [-0.1, -0.05) is 6.07 Å². The van der Waals surface area contributed by atoms with Crippen LogP contribution in [0.25, 0.3) is 19.5 Å². The molecule has 0 unspecified atom stereocenters. The van der Waals surface area contributed by atoms with E-state index in [1.807, 2.05) is 22.7 Å². The summed E-state index contributed by atoms with van der Waals surface area (Å²) < 4.78 is 2.69. The van der Waals surface area contributed by atoms with Crippen molar-refractivity contribution in [2.45, 2.75) is 6.92 Å². The van der Waals surface area contributed by atoms with Crippen molar-refractivity contribution >= 4 is 54.5 Å². The number of thiophene rings is 3. The van der Waals surface area contributed by atoms with Gasteiger partial charge >= 0.3 is 24.8 Å². The fourth-order valence-corrected chi connectivity index (χ4v) is 4.39. The molecule has 0 aliphatic rings. The summed E-state index contributed by atoms with van der Waals surface area (Å²) in [4.78, 5) is 6.87. The van der Waals surface area contributed by atoms with E-state index >= 15 is 0 Å². The molecule has 0 saturated carbocycles. The number of nitrogens with zero attached hydrogens (tertiary/aromatic N) is 1. The van der Waals surface area contributed by atoms with Crippen molar-refractivity contribution in [3.05, 3.63) is 46.7 Å². The van der Waals surface area contributed by atoms with Crippen molar-refractivity contribution in [1.82, 2.24) is 0 Å². The molecule has 0 amide bonds. The molecule has 0 aliphatic carbocycles. The summed E-state index contributed by atoms with van der Waals surface area (Å²) in [5, 5.41) is 2.13. The Morgan fingerprint density at radius 1 is 0.947 bits per heavy atom. The molecule has 3 aromatic heterocycles. The zero-order valence-corrected chi connectivity index (χ0v) is 13.6. The second kappa shape index (κ2) is 7.19. The molecule has 3 rings (SSSR count). The van der Waals surface area contributed by atoms with E-state index < -0.39 is 0 Å². The molecular weight excluding hydrogens is 309 g/mol. The molecule has 3 heterocycles. The van der Waals surface area contributed by atoms with Gasteiger partial charge in [0, 0.05) is 24.4 Å². The van der Waals surface area contributed by atoms with E-state index in [4.69, 9.17) is 0 Å². The van der Waals surface area contributed by atoms with Crippen LogP contribution >= 0.6 is 46.8 Å². The van der Waals surface area contributed by atoms with Crippen molar-refractivity contribution < 1.29 is 0 Å². The van der Waals surface area contributed by atoms with Crippen LogP contribution in [0.2, 0.25) is 0 Å². The average molecular weight is 320 g/mol. The van der Waals surface area contributed by atoms with Crippen LogP contribution in [-0.2, 0) is 0 Å². The van der Waals surface area contributed by atoms with E-state index in [0.29, 0.717) is 0 Å². The van der Waals surface area contributed by atoms with Gasteiger partial charge in [0.05, 0.1) is 0 Å². The quantitative estimate of drug-likeness (QED) is 0.459. The van der Waals surface area contributed by atoms with Crippen molar-refractivity contribution in [3.8, 4) is 19.5 Å². The van der Waals surface area contributed by atoms with Crippen molar-refractivity contribution in [1.29, 1.82) is 0 Å². The third kappa shape index (κ3) is 3.89. The summed E-state index contributed by atoms with van der Waals surface area (Å²) in [5.74, 6) is 0. The first-order valence-electron chi connectivity index (χ1n) is 5.49. The maximum atomic E-state index is 4.34. The second-order valence-electron chi connectivity index (χ2n) is 3.67. The van der Waals surface area contributed by atoms with Gasteiger partial charge in [0.15, 0.2) is 0 Å². The maximum absolute atomic E-state index is 4.34. The third-order valence-corrected chi connectivity index (χ3v) is 5.70. The van der Waals surface area contributed by atoms with Crippen LogP contribution in [0.3, 0.4) is 0 Å². The molecule has 0 fully saturated rings. The summed E-state index contributed by atoms with van der Waals surface area (Å²) in [5.41, 5.74) is 0. The van der Waals surface area contributed by atoms with Crippen LogP contribution in [0.1, 0.15) is 4.88 Å². The molecule has 1 radical (unpaired) electrons. The summed E-state index contributed by atoms with van der Waals surface area (Å²) in [6.45, 7) is 2.15. The molecule has 0 aliphatic heterocycles. The van der Waals surface area contributed by atoms with E-state index in [9.17, 15) is 0 Å². The van der Waals surface area contributed by atoms with Crippen LogP contribution in [0.4, 0.5) is 0 Å². The molecule has 0 N–H and O–H groups in total. The molecule has 0 atom stereocenters. The van der Waals surface area contributed by atoms with Crippen molar-refractivity contribution in [2.24, 2.45) is 4.30 Å². The van der Waals surface area contributed by atoms with Crippen molar-refractivity contribution in [2.75, 3.05) is 0 Å². The SMILES string of the molecule is Cc1ccc(-c2ccc(-c3cccs3)s2)s1.[B]=NS. The minimum atomic E-state index is 1.37. The van der Waals surface area contributed by atoms with Crippen LogP contribution < -0.4 is 0 Å². The summed E-state index contributed by atoms with van der Waals surface area (Å²) in [7, 11) is 4.34. The van der Waals surface area contributed by atoms with Crippen LogP contribution in [0.5, 0.6) is 0 Å². The van der Waals surface area contributed by atoms with Gasteiger partial charge in [-0.25, -0.2) is 0 Å². The normalized spacial score (nSPS) is 9.74. The standard InChI is InChI=1S/C13H10S3.BHNS/c1-9-4-5-12(15-9)13-7-6-11(16-13)10-3-2-8-14-10;1-2-3/h2-8H,1H3;3H. The van der Waals surface area contributed by atoms with E-state index in [1.54, 1.807) is 11.3 Å². The Balaban J connectivity index is 0.000000408. The Bertz CT molecular complexity index is 639. The summed E-state index contributed by atoms with van der Waals surface area (Å²) >= 11 is 8.74. The Kier molecular flexibility index (Phi) is 5.57. The van der Waals surface area contributed by atoms with Gasteiger partial charge in [-0.2, -0.15) is 0 Å². The Labute approximate surface area is 131 Å². The fraction of sp³-hybridized carbons (Fsp3) is 0.0769. The first kappa shape index (κ1) is 14.7. The molecule has 19 heavy (non-hydrogen) atoms. The number of rotatable bonds is 2. The number of hydrogen-bond donors (Lipinski definition) is 1. The van der Waals surface area contributed by atoms with Gasteiger partial charge in [-0.15, -0.1) is 34.0 Å². The fourth-order valence-electron chi connectivity index (χ4n) is 1.59. The second-order valence-corrected chi connectivity index (χ2v) is 7.22. The molecule has 95 valence electrons. The predicted octanol–water partition coefficient (Wildman–Crippen LogP) is 5.70. The van der Waals surface area contributed by atoms with E-state index in [0.717, 1.165) is 0 Å². The van der Waals surface area contributed by atoms with Gasteiger partial charge in [0.1, 0.15) is 0 Å². The van der Waals surface area contributed by atoms with Gasteiger partial charge in [0.25, 0.3) is 0 Å². The average Bonchev–Trinajstić information content (AvgIpc) is 3.10. The van der Waals surface area contributed by atoms with Crippen LogP contribution in [-0.4, -0.2) is 7.64 Å². The molecule has 0 spiro atoms. The van der Waals surface area contributed by atoms with Crippen LogP contribution in [0, 0.1) is 6.92 Å². The van der Waals surface area contributed by atoms with Gasteiger partial charge < -0.3 is 0 Å². The molecular formula is C13H11BNS4. The third-order valence-electron chi connectivity index (χ3n) is 2.35. The number of thiol groups is 1. The zero-order valence-electron chi connectivity index (χ0n) is 10.2. The Hall–Kier alpha value is -0.685. The summed E-state index contributed by atoms with van der Waals surface area (Å²) in [6.07, 6.45) is 0.